The summed E-state index contributed by atoms with van der Waals surface area (Å²) in [6.45, 7) is 6.37. The lowest BCUT2D eigenvalue weighted by molar-refractivity contribution is -0.124. The summed E-state index contributed by atoms with van der Waals surface area (Å²) in [5, 5.41) is 10.8. The van der Waals surface area contributed by atoms with Gasteiger partial charge in [-0.25, -0.2) is 0 Å². The minimum absolute atomic E-state index is 0.0726. The van der Waals surface area contributed by atoms with E-state index in [1.54, 1.807) is 0 Å². The summed E-state index contributed by atoms with van der Waals surface area (Å²) in [6.07, 6.45) is 1.95. The van der Waals surface area contributed by atoms with Crippen molar-refractivity contribution in [2.45, 2.75) is 40.2 Å². The van der Waals surface area contributed by atoms with Gasteiger partial charge < -0.3 is 5.32 Å². The van der Waals surface area contributed by atoms with Crippen molar-refractivity contribution in [1.29, 1.82) is 0 Å². The molecule has 0 saturated heterocycles. The number of nitrogens with one attached hydrogen (secondary N) is 1. The maximum atomic E-state index is 11.6. The van der Waals surface area contributed by atoms with Gasteiger partial charge in [0, 0.05) is 5.92 Å². The van der Waals surface area contributed by atoms with Crippen molar-refractivity contribution in [3.63, 3.8) is 0 Å². The van der Waals surface area contributed by atoms with Crippen LogP contribution in [0.5, 0.6) is 0 Å². The molecule has 1 rings (SSSR count). The lowest BCUT2D eigenvalue weighted by Crippen LogP contribution is -2.29. The first-order chi connectivity index (χ1) is 7.63. The van der Waals surface area contributed by atoms with E-state index in [2.05, 4.69) is 22.4 Å². The molecule has 0 aliphatic rings. The van der Waals surface area contributed by atoms with Crippen molar-refractivity contribution in [2.75, 3.05) is 0 Å². The van der Waals surface area contributed by atoms with Crippen molar-refractivity contribution in [1.82, 2.24) is 15.5 Å². The zero-order valence-corrected chi connectivity index (χ0v) is 10.2. The van der Waals surface area contributed by atoms with E-state index in [0.717, 1.165) is 24.2 Å². The number of aromatic nitrogens is 2. The standard InChI is InChI=1S/C12H19N3O/c1-4-5-9(2)12(16)13-8-11-7-6-10(3)14-15-11/h6-7,9H,4-5,8H2,1-3H3,(H,13,16). The van der Waals surface area contributed by atoms with Crippen molar-refractivity contribution >= 4 is 5.91 Å². The molecular weight excluding hydrogens is 202 g/mol. The third kappa shape index (κ3) is 3.96. The molecule has 1 unspecified atom stereocenters. The van der Waals surface area contributed by atoms with E-state index in [0.29, 0.717) is 6.54 Å². The minimum atomic E-state index is 0.0726. The highest BCUT2D eigenvalue weighted by Gasteiger charge is 2.11. The van der Waals surface area contributed by atoms with E-state index in [4.69, 9.17) is 0 Å². The Kier molecular flexibility index (Phi) is 4.89. The highest BCUT2D eigenvalue weighted by atomic mass is 16.1. The second-order valence-electron chi connectivity index (χ2n) is 4.07. The van der Waals surface area contributed by atoms with E-state index >= 15 is 0 Å². The second kappa shape index (κ2) is 6.20. The molecular formula is C12H19N3O. The Labute approximate surface area is 96.5 Å². The van der Waals surface area contributed by atoms with Crippen LogP contribution in [-0.4, -0.2) is 16.1 Å². The van der Waals surface area contributed by atoms with Gasteiger partial charge in [0.05, 0.1) is 17.9 Å². The Morgan fingerprint density at radius 1 is 1.44 bits per heavy atom. The van der Waals surface area contributed by atoms with Gasteiger partial charge in [-0.2, -0.15) is 10.2 Å². The van der Waals surface area contributed by atoms with Gasteiger partial charge in [0.15, 0.2) is 0 Å². The first-order valence-electron chi connectivity index (χ1n) is 5.70. The van der Waals surface area contributed by atoms with Gasteiger partial charge in [0.2, 0.25) is 5.91 Å². The zero-order valence-electron chi connectivity index (χ0n) is 10.2. The average molecular weight is 221 g/mol. The van der Waals surface area contributed by atoms with Gasteiger partial charge in [-0.05, 0) is 25.5 Å². The van der Waals surface area contributed by atoms with Crippen LogP contribution in [0.3, 0.4) is 0 Å². The summed E-state index contributed by atoms with van der Waals surface area (Å²) in [4.78, 5) is 11.6. The van der Waals surface area contributed by atoms with E-state index in [9.17, 15) is 4.79 Å². The fourth-order valence-electron chi connectivity index (χ4n) is 1.44. The van der Waals surface area contributed by atoms with Gasteiger partial charge in [-0.3, -0.25) is 4.79 Å². The third-order valence-electron chi connectivity index (χ3n) is 2.47. The van der Waals surface area contributed by atoms with E-state index in [-0.39, 0.29) is 11.8 Å². The summed E-state index contributed by atoms with van der Waals surface area (Å²) >= 11 is 0. The summed E-state index contributed by atoms with van der Waals surface area (Å²) in [5.74, 6) is 0.160. The Bertz CT molecular complexity index is 335. The number of hydrogen-bond acceptors (Lipinski definition) is 3. The number of amides is 1. The molecule has 88 valence electrons. The minimum Gasteiger partial charge on any atom is -0.350 e. The van der Waals surface area contributed by atoms with Crippen LogP contribution < -0.4 is 5.32 Å². The first-order valence-corrected chi connectivity index (χ1v) is 5.70. The molecule has 1 aromatic heterocycles. The molecule has 16 heavy (non-hydrogen) atoms. The third-order valence-corrected chi connectivity index (χ3v) is 2.47. The SMILES string of the molecule is CCCC(C)C(=O)NCc1ccc(C)nn1. The number of rotatable bonds is 5. The molecule has 1 atom stereocenters. The van der Waals surface area contributed by atoms with Gasteiger partial charge in [-0.15, -0.1) is 0 Å². The van der Waals surface area contributed by atoms with Crippen LogP contribution in [0.25, 0.3) is 0 Å². The van der Waals surface area contributed by atoms with Crippen LogP contribution in [0.1, 0.15) is 38.1 Å². The number of nitrogens with zero attached hydrogens (tertiary/aromatic N) is 2. The highest BCUT2D eigenvalue weighted by molar-refractivity contribution is 5.78. The zero-order chi connectivity index (χ0) is 12.0. The number of carbonyl (C=O) groups is 1. The maximum absolute atomic E-state index is 11.6. The second-order valence-corrected chi connectivity index (χ2v) is 4.07. The lowest BCUT2D eigenvalue weighted by Gasteiger charge is -2.10. The number of hydrogen-bond donors (Lipinski definition) is 1. The molecule has 4 heteroatoms. The van der Waals surface area contributed by atoms with Crippen LogP contribution in [0, 0.1) is 12.8 Å². The molecule has 1 heterocycles. The summed E-state index contributed by atoms with van der Waals surface area (Å²) in [6, 6.07) is 3.77. The Balaban J connectivity index is 2.39. The first kappa shape index (κ1) is 12.6. The normalized spacial score (nSPS) is 12.2. The fourth-order valence-corrected chi connectivity index (χ4v) is 1.44. The summed E-state index contributed by atoms with van der Waals surface area (Å²) in [7, 11) is 0. The van der Waals surface area contributed by atoms with Crippen LogP contribution in [-0.2, 0) is 11.3 Å². The van der Waals surface area contributed by atoms with Gasteiger partial charge in [-0.1, -0.05) is 20.3 Å². The summed E-state index contributed by atoms with van der Waals surface area (Å²) in [5.41, 5.74) is 1.68. The average Bonchev–Trinajstić information content (AvgIpc) is 2.28. The molecule has 1 amide bonds. The molecule has 4 nitrogen and oxygen atoms in total. The molecule has 0 aliphatic heterocycles. The van der Waals surface area contributed by atoms with Crippen molar-refractivity contribution in [2.24, 2.45) is 5.92 Å². The monoisotopic (exact) mass is 221 g/mol. The molecule has 0 aliphatic carbocycles. The number of aryl methyl sites for hydroxylation is 1. The largest absolute Gasteiger partial charge is 0.350 e. The van der Waals surface area contributed by atoms with Crippen LogP contribution in [0.2, 0.25) is 0 Å². The smallest absolute Gasteiger partial charge is 0.223 e. The van der Waals surface area contributed by atoms with E-state index in [1.165, 1.54) is 0 Å². The maximum Gasteiger partial charge on any atom is 0.223 e. The molecule has 0 radical (unpaired) electrons. The van der Waals surface area contributed by atoms with E-state index < -0.39 is 0 Å². The highest BCUT2D eigenvalue weighted by Crippen LogP contribution is 2.05. The topological polar surface area (TPSA) is 54.9 Å². The van der Waals surface area contributed by atoms with Crippen LogP contribution in [0.4, 0.5) is 0 Å². The Hall–Kier alpha value is -1.45. The quantitative estimate of drug-likeness (QED) is 0.825. The van der Waals surface area contributed by atoms with E-state index in [1.807, 2.05) is 26.0 Å². The molecule has 1 aromatic rings. The van der Waals surface area contributed by atoms with Crippen LogP contribution in [0.15, 0.2) is 12.1 Å². The molecule has 0 bridgehead atoms. The van der Waals surface area contributed by atoms with Crippen LogP contribution >= 0.6 is 0 Å². The molecule has 0 fully saturated rings. The molecule has 0 spiro atoms. The predicted molar refractivity (Wildman–Crippen MR) is 62.7 cm³/mol. The molecule has 0 aromatic carbocycles. The van der Waals surface area contributed by atoms with Gasteiger partial charge in [0.1, 0.15) is 0 Å². The molecule has 1 N–H and O–H groups in total. The number of carbonyl (C=O) groups excluding carboxylic acids is 1. The van der Waals surface area contributed by atoms with Gasteiger partial charge >= 0.3 is 0 Å². The predicted octanol–water partition coefficient (Wildman–Crippen LogP) is 1.84. The Morgan fingerprint density at radius 3 is 2.75 bits per heavy atom. The molecule has 0 saturated carbocycles. The summed E-state index contributed by atoms with van der Waals surface area (Å²) < 4.78 is 0. The van der Waals surface area contributed by atoms with Crippen molar-refractivity contribution < 1.29 is 4.79 Å². The Morgan fingerprint density at radius 2 is 2.19 bits per heavy atom. The van der Waals surface area contributed by atoms with Gasteiger partial charge in [0.25, 0.3) is 0 Å². The van der Waals surface area contributed by atoms with Crippen molar-refractivity contribution in [3.8, 4) is 0 Å². The fraction of sp³-hybridized carbons (Fsp3) is 0.583. The lowest BCUT2D eigenvalue weighted by atomic mass is 10.1. The van der Waals surface area contributed by atoms with Crippen molar-refractivity contribution in [3.05, 3.63) is 23.5 Å².